The number of nitro benzene ring substituents is 1. The molecule has 0 unspecified atom stereocenters. The maximum Gasteiger partial charge on any atom is 0.338 e. The van der Waals surface area contributed by atoms with Crippen molar-refractivity contribution in [2.75, 3.05) is 11.9 Å². The second-order valence-corrected chi connectivity index (χ2v) is 6.98. The Kier molecular flexibility index (Phi) is 7.85. The molecule has 9 nitrogen and oxygen atoms in total. The van der Waals surface area contributed by atoms with Crippen molar-refractivity contribution in [3.8, 4) is 0 Å². The molecule has 0 bridgehead atoms. The molecule has 172 valence electrons. The molecule has 0 saturated heterocycles. The van der Waals surface area contributed by atoms with Gasteiger partial charge in [-0.1, -0.05) is 30.3 Å². The lowest BCUT2D eigenvalue weighted by Gasteiger charge is -2.12. The number of carbonyl (C=O) groups is 3. The fourth-order valence-electron chi connectivity index (χ4n) is 2.94. The van der Waals surface area contributed by atoms with E-state index in [1.165, 1.54) is 48.5 Å². The van der Waals surface area contributed by atoms with Gasteiger partial charge in [0.25, 0.3) is 17.5 Å². The van der Waals surface area contributed by atoms with Crippen molar-refractivity contribution in [1.82, 2.24) is 5.32 Å². The van der Waals surface area contributed by atoms with Crippen molar-refractivity contribution in [1.29, 1.82) is 0 Å². The highest BCUT2D eigenvalue weighted by Crippen LogP contribution is 2.17. The highest BCUT2D eigenvalue weighted by Gasteiger charge is 2.16. The average Bonchev–Trinajstić information content (AvgIpc) is 2.85. The minimum Gasteiger partial charge on any atom is -0.462 e. The number of hydrogen-bond donors (Lipinski definition) is 2. The van der Waals surface area contributed by atoms with Crippen LogP contribution in [-0.4, -0.2) is 29.3 Å². The number of amides is 2. The molecule has 0 aliphatic carbocycles. The van der Waals surface area contributed by atoms with E-state index in [0.717, 1.165) is 0 Å². The molecular weight excluding hydrogens is 438 g/mol. The van der Waals surface area contributed by atoms with E-state index in [0.29, 0.717) is 22.4 Å². The first kappa shape index (κ1) is 23.9. The molecule has 0 radical (unpaired) electrons. The summed E-state index contributed by atoms with van der Waals surface area (Å²) in [6, 6.07) is 20.0. The Hall–Kier alpha value is -4.79. The Balaban J connectivity index is 1.87. The van der Waals surface area contributed by atoms with E-state index in [1.54, 1.807) is 43.3 Å². The summed E-state index contributed by atoms with van der Waals surface area (Å²) in [5.41, 5.74) is 1.10. The van der Waals surface area contributed by atoms with Gasteiger partial charge in [-0.2, -0.15) is 0 Å². The van der Waals surface area contributed by atoms with Gasteiger partial charge in [-0.25, -0.2) is 4.79 Å². The first-order chi connectivity index (χ1) is 16.4. The molecular formula is C25H21N3O6. The summed E-state index contributed by atoms with van der Waals surface area (Å²) >= 11 is 0. The normalized spacial score (nSPS) is 10.8. The van der Waals surface area contributed by atoms with Crippen LogP contribution in [0.5, 0.6) is 0 Å². The molecule has 0 aromatic heterocycles. The lowest BCUT2D eigenvalue weighted by Crippen LogP contribution is -2.30. The molecule has 3 aromatic carbocycles. The van der Waals surface area contributed by atoms with E-state index in [-0.39, 0.29) is 18.0 Å². The van der Waals surface area contributed by atoms with Crippen molar-refractivity contribution in [3.05, 3.63) is 111 Å². The number of nitrogens with zero attached hydrogens (tertiary/aromatic N) is 1. The zero-order valence-corrected chi connectivity index (χ0v) is 18.2. The van der Waals surface area contributed by atoms with E-state index >= 15 is 0 Å². The SMILES string of the molecule is CCOC(=O)c1ccc(NC(=O)/C(=C/c2cccc([N+](=O)[O-])c2)NC(=O)c2ccccc2)cc1. The number of non-ortho nitro benzene ring substituents is 1. The van der Waals surface area contributed by atoms with Crippen molar-refractivity contribution in [2.24, 2.45) is 0 Å². The lowest BCUT2D eigenvalue weighted by molar-refractivity contribution is -0.384. The first-order valence-electron chi connectivity index (χ1n) is 10.3. The van der Waals surface area contributed by atoms with Gasteiger partial charge in [0.05, 0.1) is 17.1 Å². The van der Waals surface area contributed by atoms with Gasteiger partial charge < -0.3 is 15.4 Å². The maximum absolute atomic E-state index is 13.0. The topological polar surface area (TPSA) is 128 Å². The predicted molar refractivity (Wildman–Crippen MR) is 126 cm³/mol. The number of ether oxygens (including phenoxy) is 1. The average molecular weight is 459 g/mol. The third-order valence-corrected chi connectivity index (χ3v) is 4.57. The van der Waals surface area contributed by atoms with Crippen LogP contribution in [0.25, 0.3) is 6.08 Å². The summed E-state index contributed by atoms with van der Waals surface area (Å²) < 4.78 is 4.93. The van der Waals surface area contributed by atoms with Crippen LogP contribution in [0.2, 0.25) is 0 Å². The largest absolute Gasteiger partial charge is 0.462 e. The number of rotatable bonds is 8. The molecule has 0 aliphatic rings. The Morgan fingerprint density at radius 2 is 1.65 bits per heavy atom. The van der Waals surface area contributed by atoms with E-state index < -0.39 is 22.7 Å². The maximum atomic E-state index is 13.0. The number of nitrogens with one attached hydrogen (secondary N) is 2. The van der Waals surface area contributed by atoms with Gasteiger partial charge >= 0.3 is 5.97 Å². The lowest BCUT2D eigenvalue weighted by atomic mass is 10.1. The summed E-state index contributed by atoms with van der Waals surface area (Å²) in [6.45, 7) is 1.94. The number of benzene rings is 3. The molecule has 0 aliphatic heterocycles. The molecule has 0 heterocycles. The third-order valence-electron chi connectivity index (χ3n) is 4.57. The number of hydrogen-bond acceptors (Lipinski definition) is 6. The Bertz CT molecular complexity index is 1240. The van der Waals surface area contributed by atoms with Gasteiger partial charge in [0, 0.05) is 23.4 Å². The molecule has 0 atom stereocenters. The zero-order valence-electron chi connectivity index (χ0n) is 18.2. The van der Waals surface area contributed by atoms with Gasteiger partial charge in [0.1, 0.15) is 5.70 Å². The highest BCUT2D eigenvalue weighted by atomic mass is 16.6. The molecule has 9 heteroatoms. The smallest absolute Gasteiger partial charge is 0.338 e. The van der Waals surface area contributed by atoms with E-state index in [1.807, 2.05) is 0 Å². The number of nitro groups is 1. The Morgan fingerprint density at radius 1 is 0.941 bits per heavy atom. The second-order valence-electron chi connectivity index (χ2n) is 6.98. The molecule has 2 amide bonds. The van der Waals surface area contributed by atoms with E-state index in [4.69, 9.17) is 4.74 Å². The van der Waals surface area contributed by atoms with Gasteiger partial charge in [0.15, 0.2) is 0 Å². The summed E-state index contributed by atoms with van der Waals surface area (Å²) in [5.74, 6) is -1.66. The van der Waals surface area contributed by atoms with Crippen LogP contribution in [0, 0.1) is 10.1 Å². The minimum atomic E-state index is -0.653. The van der Waals surface area contributed by atoms with Crippen LogP contribution < -0.4 is 10.6 Å². The van der Waals surface area contributed by atoms with Crippen LogP contribution in [0.4, 0.5) is 11.4 Å². The van der Waals surface area contributed by atoms with Gasteiger partial charge in [-0.05, 0) is 55.0 Å². The van der Waals surface area contributed by atoms with Crippen LogP contribution in [0.15, 0.2) is 84.6 Å². The zero-order chi connectivity index (χ0) is 24.5. The second kappa shape index (κ2) is 11.2. The fourth-order valence-corrected chi connectivity index (χ4v) is 2.94. The number of anilines is 1. The minimum absolute atomic E-state index is 0.121. The van der Waals surface area contributed by atoms with Crippen LogP contribution in [0.1, 0.15) is 33.2 Å². The summed E-state index contributed by atoms with van der Waals surface area (Å²) in [7, 11) is 0. The molecule has 0 saturated carbocycles. The molecule has 0 fully saturated rings. The predicted octanol–water partition coefficient (Wildman–Crippen LogP) is 4.18. The Labute approximate surface area is 195 Å². The Morgan fingerprint density at radius 3 is 2.29 bits per heavy atom. The first-order valence-corrected chi connectivity index (χ1v) is 10.3. The van der Waals surface area contributed by atoms with Gasteiger partial charge in [0.2, 0.25) is 0 Å². The molecule has 2 N–H and O–H groups in total. The van der Waals surface area contributed by atoms with Gasteiger partial charge in [-0.15, -0.1) is 0 Å². The highest BCUT2D eigenvalue weighted by molar-refractivity contribution is 6.10. The van der Waals surface area contributed by atoms with Crippen LogP contribution in [0.3, 0.4) is 0 Å². The molecule has 0 spiro atoms. The van der Waals surface area contributed by atoms with Crippen LogP contribution in [-0.2, 0) is 9.53 Å². The monoisotopic (exact) mass is 459 g/mol. The van der Waals surface area contributed by atoms with Crippen LogP contribution >= 0.6 is 0 Å². The van der Waals surface area contributed by atoms with E-state index in [9.17, 15) is 24.5 Å². The van der Waals surface area contributed by atoms with Crippen molar-refractivity contribution < 1.29 is 24.0 Å². The van der Waals surface area contributed by atoms with Gasteiger partial charge in [-0.3, -0.25) is 19.7 Å². The van der Waals surface area contributed by atoms with Crippen molar-refractivity contribution in [2.45, 2.75) is 6.92 Å². The van der Waals surface area contributed by atoms with Crippen molar-refractivity contribution in [3.63, 3.8) is 0 Å². The summed E-state index contributed by atoms with van der Waals surface area (Å²) in [5, 5.41) is 16.3. The summed E-state index contributed by atoms with van der Waals surface area (Å²) in [6.07, 6.45) is 1.34. The number of carbonyl (C=O) groups excluding carboxylic acids is 3. The van der Waals surface area contributed by atoms with Crippen molar-refractivity contribution >= 4 is 35.2 Å². The molecule has 3 rings (SSSR count). The molecule has 3 aromatic rings. The quantitative estimate of drug-likeness (QED) is 0.225. The number of esters is 1. The molecule has 34 heavy (non-hydrogen) atoms. The fraction of sp³-hybridized carbons (Fsp3) is 0.0800. The van der Waals surface area contributed by atoms with E-state index in [2.05, 4.69) is 10.6 Å². The standard InChI is InChI=1S/C25H21N3O6/c1-2-34-25(31)19-11-13-20(14-12-19)26-24(30)22(27-23(29)18-8-4-3-5-9-18)16-17-7-6-10-21(15-17)28(32)33/h3-16H,2H2,1H3,(H,26,30)(H,27,29)/b22-16-. The summed E-state index contributed by atoms with van der Waals surface area (Å²) in [4.78, 5) is 48.0. The third kappa shape index (κ3) is 6.36.